The number of benzene rings is 4. The average Bonchev–Trinajstić information content (AvgIpc) is 3.67. The molecule has 6 rings (SSSR count). The number of aromatic nitrogens is 4. The first-order valence-corrected chi connectivity index (χ1v) is 24.1. The molecule has 2 heterocycles. The van der Waals surface area contributed by atoms with Crippen LogP contribution in [-0.4, -0.2) is 106 Å². The molecular weight excluding hydrogens is 805 g/mol. The summed E-state index contributed by atoms with van der Waals surface area (Å²) in [5, 5.41) is 9.65. The third-order valence-electron chi connectivity index (χ3n) is 8.49. The zero-order valence-electron chi connectivity index (χ0n) is 31.1. The second-order valence-electron chi connectivity index (χ2n) is 13.0. The van der Waals surface area contributed by atoms with Gasteiger partial charge in [-0.15, -0.1) is 0 Å². The van der Waals surface area contributed by atoms with Gasteiger partial charge in [0.05, 0.1) is 53.0 Å². The van der Waals surface area contributed by atoms with E-state index in [4.69, 9.17) is 9.47 Å². The Morgan fingerprint density at radius 1 is 0.571 bits per heavy atom. The highest BCUT2D eigenvalue weighted by atomic mass is 32.2. The van der Waals surface area contributed by atoms with E-state index in [1.165, 1.54) is 66.0 Å². The summed E-state index contributed by atoms with van der Waals surface area (Å²) < 4.78 is 95.2. The van der Waals surface area contributed by atoms with Gasteiger partial charge in [0, 0.05) is 40.7 Å². The summed E-state index contributed by atoms with van der Waals surface area (Å²) >= 11 is 0. The zero-order valence-corrected chi connectivity index (χ0v) is 34.4. The maximum Gasteiger partial charge on any atom is 0.359 e. The standard InChI is InChI=1S/C19H20N2O5S2.C18H18N2O6S2/c1-26-19(22)18-16-10-9-15(28(4,24)25)11-17(16)20-21(18)12-13-5-7-14(8-6-13)27(2,3)23;1-26-18(21)17-15-9-8-14(28(3,24)25)10-16(15)20(19-17)11-12-4-6-13(7-5-12)27(2,22)23/h5-11H,2,12H2,1,3-4H3;4-10H,11H2,1-3H3. The maximum absolute atomic E-state index is 12.3. The normalized spacial score (nSPS) is 13.1. The molecule has 6 aromatic rings. The van der Waals surface area contributed by atoms with Gasteiger partial charge >= 0.3 is 11.9 Å². The number of hydrogen-bond acceptors (Lipinski definition) is 13. The van der Waals surface area contributed by atoms with Crippen LogP contribution in [0.1, 0.15) is 32.1 Å². The molecule has 0 aliphatic rings. The van der Waals surface area contributed by atoms with Crippen molar-refractivity contribution in [1.29, 1.82) is 0 Å². The average molecular weight is 843 g/mol. The molecule has 0 spiro atoms. The summed E-state index contributed by atoms with van der Waals surface area (Å²) in [4.78, 5) is 25.4. The number of rotatable bonds is 10. The van der Waals surface area contributed by atoms with Gasteiger partial charge in [-0.3, -0.25) is 13.6 Å². The summed E-state index contributed by atoms with van der Waals surface area (Å²) in [6, 6.07) is 22.1. The summed E-state index contributed by atoms with van der Waals surface area (Å²) in [5.41, 5.74) is 2.71. The molecule has 15 nitrogen and oxygen atoms in total. The molecule has 56 heavy (non-hydrogen) atoms. The van der Waals surface area contributed by atoms with Crippen molar-refractivity contribution < 1.29 is 48.5 Å². The Labute approximate surface area is 324 Å². The van der Waals surface area contributed by atoms with Crippen molar-refractivity contribution in [3.8, 4) is 0 Å². The first kappa shape index (κ1) is 41.8. The molecule has 0 N–H and O–H groups in total. The van der Waals surface area contributed by atoms with Gasteiger partial charge in [-0.1, -0.05) is 24.3 Å². The lowest BCUT2D eigenvalue weighted by atomic mass is 10.2. The van der Waals surface area contributed by atoms with E-state index in [2.05, 4.69) is 16.1 Å². The van der Waals surface area contributed by atoms with E-state index in [0.29, 0.717) is 26.7 Å². The molecule has 0 fully saturated rings. The molecule has 19 heteroatoms. The van der Waals surface area contributed by atoms with Crippen LogP contribution in [0.15, 0.2) is 105 Å². The number of methoxy groups -OCH3 is 2. The van der Waals surface area contributed by atoms with E-state index < -0.39 is 51.0 Å². The maximum atomic E-state index is 12.3. The fourth-order valence-electron chi connectivity index (χ4n) is 5.59. The van der Waals surface area contributed by atoms with Gasteiger partial charge in [0.25, 0.3) is 0 Å². The summed E-state index contributed by atoms with van der Waals surface area (Å²) in [5.74, 6) is 2.45. The van der Waals surface area contributed by atoms with Crippen LogP contribution in [0.25, 0.3) is 21.8 Å². The van der Waals surface area contributed by atoms with Crippen molar-refractivity contribution in [2.45, 2.75) is 32.7 Å². The fourth-order valence-corrected chi connectivity index (χ4v) is 8.22. The topological polar surface area (TPSA) is 208 Å². The highest BCUT2D eigenvalue weighted by molar-refractivity contribution is 7.99. The molecule has 296 valence electrons. The number of ether oxygens (including phenoxy) is 2. The third-order valence-corrected chi connectivity index (χ3v) is 13.1. The molecule has 1 unspecified atom stereocenters. The van der Waals surface area contributed by atoms with E-state index in [-0.39, 0.29) is 39.2 Å². The molecule has 0 aliphatic carbocycles. The monoisotopic (exact) mass is 842 g/mol. The quantitative estimate of drug-likeness (QED) is 0.143. The predicted molar refractivity (Wildman–Crippen MR) is 212 cm³/mol. The smallest absolute Gasteiger partial charge is 0.359 e. The molecule has 2 aromatic heterocycles. The summed E-state index contributed by atoms with van der Waals surface area (Å²) in [6.45, 7) is 0.473. The van der Waals surface area contributed by atoms with Gasteiger partial charge in [0.2, 0.25) is 0 Å². The fraction of sp³-hybridized carbons (Fsp3) is 0.216. The van der Waals surface area contributed by atoms with Crippen LogP contribution in [0.4, 0.5) is 0 Å². The van der Waals surface area contributed by atoms with Crippen LogP contribution in [0.2, 0.25) is 0 Å². The Hall–Kier alpha value is -5.37. The van der Waals surface area contributed by atoms with Crippen molar-refractivity contribution in [2.24, 2.45) is 0 Å². The summed E-state index contributed by atoms with van der Waals surface area (Å²) in [6.07, 6.45) is 4.90. The number of carbonyl (C=O) groups is 2. The van der Waals surface area contributed by atoms with Gasteiger partial charge in [0.1, 0.15) is 0 Å². The van der Waals surface area contributed by atoms with Crippen LogP contribution in [-0.2, 0) is 61.6 Å². The number of fused-ring (bicyclic) bond motifs is 2. The Balaban J connectivity index is 0.000000214. The molecule has 0 radical (unpaired) electrons. The van der Waals surface area contributed by atoms with E-state index >= 15 is 0 Å². The zero-order chi connectivity index (χ0) is 41.4. The lowest BCUT2D eigenvalue weighted by molar-refractivity contribution is 0.0583. The minimum atomic E-state index is -3.45. The Morgan fingerprint density at radius 3 is 1.50 bits per heavy atom. The molecular formula is C37H38N4O11S4. The lowest BCUT2D eigenvalue weighted by Crippen LogP contribution is -2.13. The van der Waals surface area contributed by atoms with Crippen LogP contribution in [0, 0.1) is 0 Å². The number of nitrogens with zero attached hydrogens (tertiary/aromatic N) is 4. The third kappa shape index (κ3) is 9.35. The van der Waals surface area contributed by atoms with Gasteiger partial charge in [0.15, 0.2) is 40.9 Å². The Bertz CT molecular complexity index is 2950. The minimum Gasteiger partial charge on any atom is -0.464 e. The molecule has 0 aliphatic heterocycles. The number of esters is 2. The highest BCUT2D eigenvalue weighted by Crippen LogP contribution is 2.26. The van der Waals surface area contributed by atoms with Crippen molar-refractivity contribution in [3.05, 3.63) is 107 Å². The van der Waals surface area contributed by atoms with Crippen molar-refractivity contribution in [2.75, 3.05) is 39.2 Å². The van der Waals surface area contributed by atoms with Gasteiger partial charge < -0.3 is 9.47 Å². The molecule has 4 aromatic carbocycles. The van der Waals surface area contributed by atoms with E-state index in [1.54, 1.807) is 48.7 Å². The number of hydrogen-bond donors (Lipinski definition) is 0. The predicted octanol–water partition coefficient (Wildman–Crippen LogP) is 3.66. The number of carbonyl (C=O) groups excluding carboxylic acids is 2. The van der Waals surface area contributed by atoms with Crippen LogP contribution in [0.3, 0.4) is 0 Å². The highest BCUT2D eigenvalue weighted by Gasteiger charge is 2.22. The van der Waals surface area contributed by atoms with Crippen LogP contribution >= 0.6 is 0 Å². The molecule has 1 atom stereocenters. The van der Waals surface area contributed by atoms with Gasteiger partial charge in [-0.05, 0) is 87.2 Å². The van der Waals surface area contributed by atoms with Crippen LogP contribution < -0.4 is 0 Å². The largest absolute Gasteiger partial charge is 0.464 e. The number of sulfone groups is 3. The lowest BCUT2D eigenvalue weighted by Gasteiger charge is -2.08. The second-order valence-corrected chi connectivity index (χ2v) is 21.5. The molecule has 0 amide bonds. The summed E-state index contributed by atoms with van der Waals surface area (Å²) in [7, 11) is -9.95. The van der Waals surface area contributed by atoms with Gasteiger partial charge in [-0.2, -0.15) is 10.2 Å². The Kier molecular flexibility index (Phi) is 11.7. The van der Waals surface area contributed by atoms with Crippen LogP contribution in [0.5, 0.6) is 0 Å². The first-order chi connectivity index (χ1) is 26.0. The molecule has 0 saturated heterocycles. The minimum absolute atomic E-state index is 0.0744. The van der Waals surface area contributed by atoms with E-state index in [9.17, 15) is 39.1 Å². The Morgan fingerprint density at radius 2 is 1.02 bits per heavy atom. The molecule has 0 bridgehead atoms. The van der Waals surface area contributed by atoms with Crippen molar-refractivity contribution in [1.82, 2.24) is 19.6 Å². The first-order valence-electron chi connectivity index (χ1n) is 16.3. The van der Waals surface area contributed by atoms with Crippen molar-refractivity contribution >= 4 is 78.6 Å². The molecule has 0 saturated carbocycles. The van der Waals surface area contributed by atoms with Crippen molar-refractivity contribution in [3.63, 3.8) is 0 Å². The second kappa shape index (κ2) is 15.6. The SMILES string of the molecule is C=S(C)(=O)c1ccc(Cn2nc3cc(S(C)(=O)=O)ccc3c2C(=O)OC)cc1.COC(=O)c1nn(Cc2ccc(S(C)(=O)=O)cc2)c2cc(S(C)(=O)=O)ccc12. The van der Waals surface area contributed by atoms with E-state index in [0.717, 1.165) is 29.9 Å². The van der Waals surface area contributed by atoms with E-state index in [1.807, 2.05) is 0 Å². The van der Waals surface area contributed by atoms with Gasteiger partial charge in [-0.25, -0.2) is 34.8 Å².